The van der Waals surface area contributed by atoms with Gasteiger partial charge in [-0.15, -0.1) is 0 Å². The minimum absolute atomic E-state index is 0.0195. The SMILES string of the molecule is Cc1nc(C2CCN(C[C@H]3CC=CCC3)CC2)cc(=O)[nH]1. The van der Waals surface area contributed by atoms with Crippen LogP contribution in [0.3, 0.4) is 0 Å². The summed E-state index contributed by atoms with van der Waals surface area (Å²) in [4.78, 5) is 21.4. The van der Waals surface area contributed by atoms with E-state index >= 15 is 0 Å². The molecule has 1 aromatic heterocycles. The summed E-state index contributed by atoms with van der Waals surface area (Å²) in [5, 5.41) is 0. The number of likely N-dealkylation sites (tertiary alicyclic amines) is 1. The van der Waals surface area contributed by atoms with Crippen molar-refractivity contribution in [3.8, 4) is 0 Å². The first-order chi connectivity index (χ1) is 10.2. The van der Waals surface area contributed by atoms with Gasteiger partial charge in [0.05, 0.1) is 5.69 Å². The van der Waals surface area contributed by atoms with Crippen LogP contribution >= 0.6 is 0 Å². The molecule has 0 unspecified atom stereocenters. The summed E-state index contributed by atoms with van der Waals surface area (Å²) in [6.45, 7) is 5.37. The van der Waals surface area contributed by atoms with Gasteiger partial charge in [-0.25, -0.2) is 4.98 Å². The van der Waals surface area contributed by atoms with Crippen LogP contribution in [-0.4, -0.2) is 34.5 Å². The van der Waals surface area contributed by atoms with Crippen molar-refractivity contribution in [3.05, 3.63) is 40.1 Å². The van der Waals surface area contributed by atoms with Crippen molar-refractivity contribution in [3.63, 3.8) is 0 Å². The molecule has 0 bridgehead atoms. The van der Waals surface area contributed by atoms with Gasteiger partial charge >= 0.3 is 0 Å². The Hall–Kier alpha value is -1.42. The molecule has 1 atom stereocenters. The topological polar surface area (TPSA) is 49.0 Å². The third kappa shape index (κ3) is 3.82. The molecule has 1 saturated heterocycles. The number of rotatable bonds is 3. The van der Waals surface area contributed by atoms with Crippen LogP contribution in [0.2, 0.25) is 0 Å². The van der Waals surface area contributed by atoms with E-state index in [1.54, 1.807) is 6.07 Å². The van der Waals surface area contributed by atoms with Crippen molar-refractivity contribution in [1.29, 1.82) is 0 Å². The van der Waals surface area contributed by atoms with Gasteiger partial charge in [-0.1, -0.05) is 12.2 Å². The summed E-state index contributed by atoms with van der Waals surface area (Å²) in [6, 6.07) is 1.68. The van der Waals surface area contributed by atoms with E-state index in [1.165, 1.54) is 25.8 Å². The Kier molecular flexibility index (Phi) is 4.54. The fraction of sp³-hybridized carbons (Fsp3) is 0.647. The molecule has 1 aliphatic carbocycles. The summed E-state index contributed by atoms with van der Waals surface area (Å²) in [5.41, 5.74) is 0.963. The van der Waals surface area contributed by atoms with Gasteiger partial charge in [-0.3, -0.25) is 4.79 Å². The average molecular weight is 287 g/mol. The van der Waals surface area contributed by atoms with Crippen LogP contribution in [0.1, 0.15) is 49.5 Å². The largest absolute Gasteiger partial charge is 0.311 e. The molecular weight excluding hydrogens is 262 g/mol. The number of aromatic amines is 1. The van der Waals surface area contributed by atoms with Gasteiger partial charge < -0.3 is 9.88 Å². The standard InChI is InChI=1S/C17H25N3O/c1-13-18-16(11-17(21)19-13)15-7-9-20(10-8-15)12-14-5-3-2-4-6-14/h2-3,11,14-15H,4-10,12H2,1H3,(H,18,19,21)/t14-/m0/s1. The van der Waals surface area contributed by atoms with Crippen molar-refractivity contribution in [2.75, 3.05) is 19.6 Å². The molecule has 2 aliphatic rings. The molecule has 114 valence electrons. The highest BCUT2D eigenvalue weighted by Crippen LogP contribution is 2.28. The molecule has 4 nitrogen and oxygen atoms in total. The molecule has 1 N–H and O–H groups in total. The lowest BCUT2D eigenvalue weighted by molar-refractivity contribution is 0.176. The summed E-state index contributed by atoms with van der Waals surface area (Å²) in [7, 11) is 0. The van der Waals surface area contributed by atoms with Crippen LogP contribution in [0, 0.1) is 12.8 Å². The summed E-state index contributed by atoms with van der Waals surface area (Å²) >= 11 is 0. The van der Waals surface area contributed by atoms with E-state index in [1.807, 2.05) is 6.92 Å². The number of allylic oxidation sites excluding steroid dienone is 2. The Morgan fingerprint density at radius 1 is 1.29 bits per heavy atom. The van der Waals surface area contributed by atoms with Gasteiger partial charge in [0.1, 0.15) is 5.82 Å². The van der Waals surface area contributed by atoms with E-state index in [9.17, 15) is 4.79 Å². The molecule has 4 heteroatoms. The van der Waals surface area contributed by atoms with Crippen molar-refractivity contribution >= 4 is 0 Å². The van der Waals surface area contributed by atoms with Gasteiger partial charge in [0.25, 0.3) is 5.56 Å². The van der Waals surface area contributed by atoms with Crippen LogP contribution in [-0.2, 0) is 0 Å². The zero-order chi connectivity index (χ0) is 14.7. The second-order valence-electron chi connectivity index (χ2n) is 6.48. The molecule has 0 spiro atoms. The average Bonchev–Trinajstić information content (AvgIpc) is 2.48. The lowest BCUT2D eigenvalue weighted by Gasteiger charge is -2.34. The fourth-order valence-electron chi connectivity index (χ4n) is 3.61. The maximum Gasteiger partial charge on any atom is 0.251 e. The van der Waals surface area contributed by atoms with Crippen LogP contribution in [0.5, 0.6) is 0 Å². The molecule has 0 aromatic carbocycles. The van der Waals surface area contributed by atoms with Gasteiger partial charge in [-0.05, 0) is 58.0 Å². The first kappa shape index (κ1) is 14.5. The highest BCUT2D eigenvalue weighted by molar-refractivity contribution is 5.09. The molecule has 1 fully saturated rings. The van der Waals surface area contributed by atoms with Crippen molar-refractivity contribution in [2.24, 2.45) is 5.92 Å². The van der Waals surface area contributed by atoms with Gasteiger partial charge in [0, 0.05) is 18.5 Å². The smallest absolute Gasteiger partial charge is 0.251 e. The molecule has 0 radical (unpaired) electrons. The van der Waals surface area contributed by atoms with Crippen molar-refractivity contribution in [2.45, 2.75) is 44.9 Å². The number of aryl methyl sites for hydroxylation is 1. The van der Waals surface area contributed by atoms with Gasteiger partial charge in [0.2, 0.25) is 0 Å². The molecule has 0 saturated carbocycles. The van der Waals surface area contributed by atoms with Crippen molar-refractivity contribution in [1.82, 2.24) is 14.9 Å². The number of piperidine rings is 1. The Balaban J connectivity index is 1.54. The first-order valence-electron chi connectivity index (χ1n) is 8.16. The fourth-order valence-corrected chi connectivity index (χ4v) is 3.61. The molecule has 1 aromatic rings. The minimum atomic E-state index is -0.0195. The van der Waals surface area contributed by atoms with Gasteiger partial charge in [0.15, 0.2) is 0 Å². The number of aromatic nitrogens is 2. The van der Waals surface area contributed by atoms with Crippen LogP contribution in [0.4, 0.5) is 0 Å². The second-order valence-corrected chi connectivity index (χ2v) is 6.48. The van der Waals surface area contributed by atoms with E-state index in [2.05, 4.69) is 27.0 Å². The third-order valence-electron chi connectivity index (χ3n) is 4.78. The zero-order valence-electron chi connectivity index (χ0n) is 12.8. The minimum Gasteiger partial charge on any atom is -0.311 e. The predicted octanol–water partition coefficient (Wildman–Crippen LogP) is 2.61. The second kappa shape index (κ2) is 6.56. The molecule has 0 amide bonds. The normalized spacial score (nSPS) is 24.3. The molecule has 3 rings (SSSR count). The lowest BCUT2D eigenvalue weighted by Crippen LogP contribution is -2.37. The summed E-state index contributed by atoms with van der Waals surface area (Å²) < 4.78 is 0. The molecule has 1 aliphatic heterocycles. The van der Waals surface area contributed by atoms with E-state index in [-0.39, 0.29) is 5.56 Å². The maximum absolute atomic E-state index is 11.6. The number of hydrogen-bond acceptors (Lipinski definition) is 3. The summed E-state index contributed by atoms with van der Waals surface area (Å²) in [6.07, 6.45) is 10.7. The van der Waals surface area contributed by atoms with Gasteiger partial charge in [-0.2, -0.15) is 0 Å². The number of nitrogens with one attached hydrogen (secondary N) is 1. The first-order valence-corrected chi connectivity index (χ1v) is 8.16. The Bertz CT molecular complexity index is 555. The van der Waals surface area contributed by atoms with Crippen molar-refractivity contribution < 1.29 is 0 Å². The maximum atomic E-state index is 11.6. The Labute approximate surface area is 126 Å². The highest BCUT2D eigenvalue weighted by atomic mass is 16.1. The van der Waals surface area contributed by atoms with Crippen LogP contribution in [0.25, 0.3) is 0 Å². The third-order valence-corrected chi connectivity index (χ3v) is 4.78. The zero-order valence-corrected chi connectivity index (χ0v) is 12.8. The van der Waals surface area contributed by atoms with E-state index in [0.717, 1.165) is 43.4 Å². The predicted molar refractivity (Wildman–Crippen MR) is 84.5 cm³/mol. The molecular formula is C17H25N3O. The van der Waals surface area contributed by atoms with Crippen LogP contribution < -0.4 is 5.56 Å². The summed E-state index contributed by atoms with van der Waals surface area (Å²) in [5.74, 6) is 2.02. The lowest BCUT2D eigenvalue weighted by atomic mass is 9.90. The quantitative estimate of drug-likeness (QED) is 0.869. The van der Waals surface area contributed by atoms with Crippen LogP contribution in [0.15, 0.2) is 23.0 Å². The van der Waals surface area contributed by atoms with E-state index in [0.29, 0.717) is 5.92 Å². The van der Waals surface area contributed by atoms with E-state index < -0.39 is 0 Å². The monoisotopic (exact) mass is 287 g/mol. The number of H-pyrrole nitrogens is 1. The number of hydrogen-bond donors (Lipinski definition) is 1. The Morgan fingerprint density at radius 3 is 2.76 bits per heavy atom. The Morgan fingerprint density at radius 2 is 2.10 bits per heavy atom. The number of nitrogens with zero attached hydrogens (tertiary/aromatic N) is 2. The molecule has 2 heterocycles. The van der Waals surface area contributed by atoms with E-state index in [4.69, 9.17) is 0 Å². The highest BCUT2D eigenvalue weighted by Gasteiger charge is 2.24. The molecule has 21 heavy (non-hydrogen) atoms.